The highest BCUT2D eigenvalue weighted by atomic mass is 16.1. The number of rotatable bonds is 9. The number of likely N-dealkylation sites (tertiary alicyclic amines) is 1. The third-order valence-corrected chi connectivity index (χ3v) is 7.48. The molecule has 196 valence electrons. The second-order valence-corrected chi connectivity index (χ2v) is 10.0. The van der Waals surface area contributed by atoms with Crippen LogP contribution in [0, 0.1) is 17.2 Å². The quantitative estimate of drug-likeness (QED) is 0.281. The molecule has 1 fully saturated rings. The Hall–Kier alpha value is -4.40. The van der Waals surface area contributed by atoms with Crippen LogP contribution in [0.5, 0.6) is 0 Å². The third kappa shape index (κ3) is 6.93. The highest BCUT2D eigenvalue weighted by molar-refractivity contribution is 5.78. The highest BCUT2D eigenvalue weighted by Crippen LogP contribution is 2.30. The van der Waals surface area contributed by atoms with Gasteiger partial charge in [0.25, 0.3) is 0 Å². The van der Waals surface area contributed by atoms with Crippen molar-refractivity contribution in [2.45, 2.75) is 19.4 Å². The molecule has 1 aliphatic heterocycles. The van der Waals surface area contributed by atoms with Crippen molar-refractivity contribution < 1.29 is 4.79 Å². The van der Waals surface area contributed by atoms with Gasteiger partial charge >= 0.3 is 0 Å². The Bertz CT molecular complexity index is 1390. The average molecular weight is 515 g/mol. The van der Waals surface area contributed by atoms with Gasteiger partial charge in [-0.2, -0.15) is 5.26 Å². The maximum absolute atomic E-state index is 12.8. The fraction of sp³-hybridized carbons (Fsp3) is 0.235. The second kappa shape index (κ2) is 12.9. The van der Waals surface area contributed by atoms with Crippen molar-refractivity contribution in [3.8, 4) is 17.2 Å². The molecule has 5 nitrogen and oxygen atoms in total. The van der Waals surface area contributed by atoms with Crippen LogP contribution in [0.25, 0.3) is 11.1 Å². The zero-order chi connectivity index (χ0) is 26.9. The zero-order valence-electron chi connectivity index (χ0n) is 22.2. The first-order valence-corrected chi connectivity index (χ1v) is 13.7. The van der Waals surface area contributed by atoms with E-state index in [2.05, 4.69) is 100 Å². The molecule has 4 aromatic rings. The van der Waals surface area contributed by atoms with Gasteiger partial charge in [0.05, 0.1) is 11.6 Å². The summed E-state index contributed by atoms with van der Waals surface area (Å²) in [6.45, 7) is 4.14. The molecular weight excluding hydrogens is 480 g/mol. The monoisotopic (exact) mass is 514 g/mol. The van der Waals surface area contributed by atoms with Gasteiger partial charge < -0.3 is 15.1 Å². The van der Waals surface area contributed by atoms with E-state index >= 15 is 0 Å². The van der Waals surface area contributed by atoms with Crippen molar-refractivity contribution >= 4 is 17.3 Å². The number of para-hydroxylation sites is 1. The van der Waals surface area contributed by atoms with Crippen molar-refractivity contribution in [3.63, 3.8) is 0 Å². The summed E-state index contributed by atoms with van der Waals surface area (Å²) in [5.74, 6) is 0.176. The fourth-order valence-corrected chi connectivity index (χ4v) is 5.19. The third-order valence-electron chi connectivity index (χ3n) is 7.48. The lowest BCUT2D eigenvalue weighted by molar-refractivity contribution is -0.126. The number of amides is 1. The molecule has 0 bridgehead atoms. The maximum atomic E-state index is 12.8. The molecule has 1 amide bonds. The number of nitrogens with zero attached hydrogens (tertiary/aromatic N) is 3. The van der Waals surface area contributed by atoms with Crippen molar-refractivity contribution in [2.24, 2.45) is 5.92 Å². The minimum atomic E-state index is 0.0485. The number of carbonyl (C=O) groups excluding carboxylic acids is 1. The van der Waals surface area contributed by atoms with Gasteiger partial charge in [-0.05, 0) is 79.0 Å². The van der Waals surface area contributed by atoms with Crippen molar-refractivity contribution in [1.29, 1.82) is 5.26 Å². The molecule has 0 radical (unpaired) electrons. The Labute approximate surface area is 231 Å². The molecule has 0 saturated carbocycles. The molecule has 1 heterocycles. The standard InChI is InChI=1S/C34H34N4O/c35-25-27-14-16-28(17-15-27)26-36-34(39)30-18-20-37(21-19-30)22-23-38(32-11-5-2-6-12-32)33-13-7-10-31(24-33)29-8-3-1-4-9-29/h1-17,24,30H,18-23,26H2,(H,36,39). The Morgan fingerprint density at radius 3 is 2.15 bits per heavy atom. The normalized spacial score (nSPS) is 13.9. The fourth-order valence-electron chi connectivity index (χ4n) is 5.19. The van der Waals surface area contributed by atoms with Gasteiger partial charge in [-0.3, -0.25) is 4.79 Å². The molecule has 5 heteroatoms. The topological polar surface area (TPSA) is 59.4 Å². The smallest absolute Gasteiger partial charge is 0.223 e. The highest BCUT2D eigenvalue weighted by Gasteiger charge is 2.25. The summed E-state index contributed by atoms with van der Waals surface area (Å²) < 4.78 is 0. The first-order chi connectivity index (χ1) is 19.2. The van der Waals surface area contributed by atoms with E-state index in [1.54, 1.807) is 12.1 Å². The van der Waals surface area contributed by atoms with E-state index in [4.69, 9.17) is 5.26 Å². The minimum absolute atomic E-state index is 0.0485. The Kier molecular flexibility index (Phi) is 8.68. The molecule has 5 rings (SSSR count). The van der Waals surface area contributed by atoms with Gasteiger partial charge in [0, 0.05) is 36.9 Å². The SMILES string of the molecule is N#Cc1ccc(CNC(=O)C2CCN(CCN(c3ccccc3)c3cccc(-c4ccccc4)c3)CC2)cc1. The molecule has 0 spiro atoms. The molecular formula is C34H34N4O. The summed E-state index contributed by atoms with van der Waals surface area (Å²) in [6.07, 6.45) is 1.74. The van der Waals surface area contributed by atoms with Crippen molar-refractivity contribution in [1.82, 2.24) is 10.2 Å². The molecule has 39 heavy (non-hydrogen) atoms. The van der Waals surface area contributed by atoms with E-state index in [0.717, 1.165) is 44.6 Å². The predicted molar refractivity (Wildman–Crippen MR) is 157 cm³/mol. The van der Waals surface area contributed by atoms with Gasteiger partial charge in [0.1, 0.15) is 0 Å². The van der Waals surface area contributed by atoms with Crippen molar-refractivity contribution in [3.05, 3.63) is 120 Å². The van der Waals surface area contributed by atoms with Crippen LogP contribution in [0.3, 0.4) is 0 Å². The van der Waals surface area contributed by atoms with Crippen LogP contribution in [0.4, 0.5) is 11.4 Å². The van der Waals surface area contributed by atoms with Crippen LogP contribution >= 0.6 is 0 Å². The number of anilines is 2. The summed E-state index contributed by atoms with van der Waals surface area (Å²) >= 11 is 0. The zero-order valence-corrected chi connectivity index (χ0v) is 22.2. The maximum Gasteiger partial charge on any atom is 0.223 e. The summed E-state index contributed by atoms with van der Waals surface area (Å²) in [6, 6.07) is 39.3. The lowest BCUT2D eigenvalue weighted by atomic mass is 9.95. The molecule has 0 aromatic heterocycles. The molecule has 1 saturated heterocycles. The number of hydrogen-bond donors (Lipinski definition) is 1. The van der Waals surface area contributed by atoms with E-state index in [1.165, 1.54) is 22.5 Å². The number of nitrogens with one attached hydrogen (secondary N) is 1. The van der Waals surface area contributed by atoms with Crippen LogP contribution in [0.1, 0.15) is 24.0 Å². The number of nitriles is 1. The second-order valence-electron chi connectivity index (χ2n) is 10.0. The van der Waals surface area contributed by atoms with Gasteiger partial charge in [0.15, 0.2) is 0 Å². The van der Waals surface area contributed by atoms with E-state index in [1.807, 2.05) is 18.2 Å². The molecule has 1 aliphatic rings. The van der Waals surface area contributed by atoms with Crippen LogP contribution in [0.15, 0.2) is 109 Å². The summed E-state index contributed by atoms with van der Waals surface area (Å²) in [4.78, 5) is 17.7. The van der Waals surface area contributed by atoms with E-state index in [9.17, 15) is 4.79 Å². The van der Waals surface area contributed by atoms with Crippen LogP contribution in [-0.4, -0.2) is 37.0 Å². The summed E-state index contributed by atoms with van der Waals surface area (Å²) in [5, 5.41) is 12.0. The first kappa shape index (κ1) is 26.2. The number of carbonyl (C=O) groups is 1. The van der Waals surface area contributed by atoms with Gasteiger partial charge in [-0.25, -0.2) is 0 Å². The predicted octanol–water partition coefficient (Wildman–Crippen LogP) is 6.39. The minimum Gasteiger partial charge on any atom is -0.352 e. The number of benzene rings is 4. The molecule has 0 aliphatic carbocycles. The van der Waals surface area contributed by atoms with E-state index < -0.39 is 0 Å². The molecule has 1 N–H and O–H groups in total. The van der Waals surface area contributed by atoms with E-state index in [0.29, 0.717) is 12.1 Å². The van der Waals surface area contributed by atoms with Gasteiger partial charge in [-0.1, -0.05) is 72.8 Å². The van der Waals surface area contributed by atoms with Gasteiger partial charge in [-0.15, -0.1) is 0 Å². The lowest BCUT2D eigenvalue weighted by Crippen LogP contribution is -2.42. The lowest BCUT2D eigenvalue weighted by Gasteiger charge is -2.34. The first-order valence-electron chi connectivity index (χ1n) is 13.7. The summed E-state index contributed by atoms with van der Waals surface area (Å²) in [7, 11) is 0. The Morgan fingerprint density at radius 2 is 1.46 bits per heavy atom. The largest absolute Gasteiger partial charge is 0.352 e. The van der Waals surface area contributed by atoms with Crippen LogP contribution in [-0.2, 0) is 11.3 Å². The average Bonchev–Trinajstić information content (AvgIpc) is 3.01. The molecule has 0 unspecified atom stereocenters. The Morgan fingerprint density at radius 1 is 0.821 bits per heavy atom. The summed E-state index contributed by atoms with van der Waals surface area (Å²) in [5.41, 5.74) is 6.43. The van der Waals surface area contributed by atoms with Crippen LogP contribution in [0.2, 0.25) is 0 Å². The molecule has 0 atom stereocenters. The van der Waals surface area contributed by atoms with E-state index in [-0.39, 0.29) is 11.8 Å². The van der Waals surface area contributed by atoms with Crippen LogP contribution < -0.4 is 10.2 Å². The van der Waals surface area contributed by atoms with Crippen molar-refractivity contribution in [2.75, 3.05) is 31.1 Å². The molecule has 4 aromatic carbocycles. The number of hydrogen-bond acceptors (Lipinski definition) is 4. The Balaban J connectivity index is 1.17. The van der Waals surface area contributed by atoms with Gasteiger partial charge in [0.2, 0.25) is 5.91 Å². The number of piperidine rings is 1.